The van der Waals surface area contributed by atoms with E-state index >= 15 is 0 Å². The molecule has 1 aliphatic rings. The van der Waals surface area contributed by atoms with Crippen LogP contribution in [0.2, 0.25) is 0 Å². The predicted octanol–water partition coefficient (Wildman–Crippen LogP) is 2.93. The Morgan fingerprint density at radius 3 is 2.53 bits per heavy atom. The van der Waals surface area contributed by atoms with Gasteiger partial charge in [-0.3, -0.25) is 0 Å². The summed E-state index contributed by atoms with van der Waals surface area (Å²) in [6.07, 6.45) is 5.30. The van der Waals surface area contributed by atoms with Crippen molar-refractivity contribution in [1.82, 2.24) is 4.98 Å². The molecule has 0 aliphatic heterocycles. The third kappa shape index (κ3) is 2.80. The summed E-state index contributed by atoms with van der Waals surface area (Å²) in [6.45, 7) is 5.02. The molecule has 0 aromatic carbocycles. The van der Waals surface area contributed by atoms with E-state index in [0.717, 1.165) is 16.7 Å². The van der Waals surface area contributed by atoms with Crippen molar-refractivity contribution in [2.24, 2.45) is 11.7 Å². The molecule has 0 radical (unpaired) electrons. The van der Waals surface area contributed by atoms with E-state index in [1.165, 1.54) is 30.6 Å². The molecule has 2 N–H and O–H groups in total. The summed E-state index contributed by atoms with van der Waals surface area (Å²) in [6, 6.07) is 0.669. The largest absolute Gasteiger partial charge is 0.348 e. The summed E-state index contributed by atoms with van der Waals surface area (Å²) in [4.78, 5) is 8.22. The van der Waals surface area contributed by atoms with E-state index in [9.17, 15) is 0 Å². The Labute approximate surface area is 108 Å². The minimum atomic E-state index is 0.610. The third-order valence-corrected chi connectivity index (χ3v) is 5.17. The third-order valence-electron chi connectivity index (χ3n) is 3.90. The highest BCUT2D eigenvalue weighted by molar-refractivity contribution is 7.15. The number of anilines is 1. The van der Waals surface area contributed by atoms with Crippen LogP contribution in [0.1, 0.15) is 43.2 Å². The van der Waals surface area contributed by atoms with Gasteiger partial charge in [0.2, 0.25) is 0 Å². The van der Waals surface area contributed by atoms with Crippen molar-refractivity contribution in [3.05, 3.63) is 10.6 Å². The van der Waals surface area contributed by atoms with Gasteiger partial charge >= 0.3 is 0 Å². The normalized spacial score (nSPS) is 24.9. The lowest BCUT2D eigenvalue weighted by atomic mass is 9.87. The molecule has 0 bridgehead atoms. The minimum Gasteiger partial charge on any atom is -0.348 e. The van der Waals surface area contributed by atoms with Crippen LogP contribution in [0, 0.1) is 12.8 Å². The maximum absolute atomic E-state index is 5.71. The summed E-state index contributed by atoms with van der Waals surface area (Å²) < 4.78 is 0. The van der Waals surface area contributed by atoms with Crippen LogP contribution in [0.4, 0.5) is 5.13 Å². The Morgan fingerprint density at radius 1 is 1.35 bits per heavy atom. The van der Waals surface area contributed by atoms with Crippen LogP contribution >= 0.6 is 11.3 Å². The van der Waals surface area contributed by atoms with Crippen molar-refractivity contribution in [2.75, 3.05) is 11.9 Å². The Balaban J connectivity index is 2.05. The number of aromatic nitrogens is 1. The monoisotopic (exact) mass is 253 g/mol. The van der Waals surface area contributed by atoms with Crippen molar-refractivity contribution in [1.29, 1.82) is 0 Å². The van der Waals surface area contributed by atoms with Gasteiger partial charge in [-0.05, 0) is 38.5 Å². The lowest BCUT2D eigenvalue weighted by molar-refractivity contribution is 0.340. The summed E-state index contributed by atoms with van der Waals surface area (Å²) in [5.74, 6) is 0.900. The second-order valence-corrected chi connectivity index (χ2v) is 6.30. The topological polar surface area (TPSA) is 42.2 Å². The number of nitrogens with zero attached hydrogens (tertiary/aromatic N) is 2. The van der Waals surface area contributed by atoms with E-state index in [1.807, 2.05) is 0 Å². The van der Waals surface area contributed by atoms with Crippen LogP contribution in [0.5, 0.6) is 0 Å². The van der Waals surface area contributed by atoms with Crippen LogP contribution in [0.25, 0.3) is 0 Å². The van der Waals surface area contributed by atoms with Crippen molar-refractivity contribution in [2.45, 2.75) is 52.1 Å². The molecule has 0 spiro atoms. The zero-order chi connectivity index (χ0) is 12.4. The summed E-state index contributed by atoms with van der Waals surface area (Å²) >= 11 is 1.75. The van der Waals surface area contributed by atoms with Gasteiger partial charge in [0.15, 0.2) is 5.13 Å². The van der Waals surface area contributed by atoms with Crippen molar-refractivity contribution >= 4 is 16.5 Å². The molecule has 1 aromatic rings. The average Bonchev–Trinajstić information content (AvgIpc) is 2.70. The number of nitrogens with two attached hydrogens (primary N) is 1. The quantitative estimate of drug-likeness (QED) is 0.900. The molecule has 1 aromatic heterocycles. The zero-order valence-corrected chi connectivity index (χ0v) is 11.9. The first kappa shape index (κ1) is 12.8. The number of hydrogen-bond donors (Lipinski definition) is 1. The highest BCUT2D eigenvalue weighted by atomic mass is 32.1. The maximum Gasteiger partial charge on any atom is 0.185 e. The molecule has 0 unspecified atom stereocenters. The van der Waals surface area contributed by atoms with Gasteiger partial charge in [0.05, 0.1) is 5.69 Å². The highest BCUT2D eigenvalue weighted by Gasteiger charge is 2.23. The van der Waals surface area contributed by atoms with E-state index in [0.29, 0.717) is 12.6 Å². The van der Waals surface area contributed by atoms with E-state index in [2.05, 4.69) is 30.8 Å². The molecule has 4 heteroatoms. The molecule has 17 heavy (non-hydrogen) atoms. The number of aryl methyl sites for hydroxylation is 1. The van der Waals surface area contributed by atoms with Crippen molar-refractivity contribution < 1.29 is 0 Å². The SMILES string of the molecule is Cc1nc(N(C)C2CCC(C)CC2)sc1CN. The fraction of sp³-hybridized carbons (Fsp3) is 0.769. The van der Waals surface area contributed by atoms with Crippen molar-refractivity contribution in [3.8, 4) is 0 Å². The highest BCUT2D eigenvalue weighted by Crippen LogP contribution is 2.32. The molecule has 0 saturated heterocycles. The molecular weight excluding hydrogens is 230 g/mol. The lowest BCUT2D eigenvalue weighted by Gasteiger charge is -2.33. The molecular formula is C13H23N3S. The van der Waals surface area contributed by atoms with Gasteiger partial charge in [0, 0.05) is 24.5 Å². The second-order valence-electron chi connectivity index (χ2n) is 5.23. The van der Waals surface area contributed by atoms with Crippen LogP contribution < -0.4 is 10.6 Å². The van der Waals surface area contributed by atoms with Gasteiger partial charge in [-0.2, -0.15) is 0 Å². The van der Waals surface area contributed by atoms with Gasteiger partial charge in [0.25, 0.3) is 0 Å². The fourth-order valence-corrected chi connectivity index (χ4v) is 3.51. The van der Waals surface area contributed by atoms with Gasteiger partial charge in [-0.25, -0.2) is 4.98 Å². The molecule has 2 rings (SSSR count). The number of thiazole rings is 1. The van der Waals surface area contributed by atoms with E-state index in [-0.39, 0.29) is 0 Å². The Kier molecular flexibility index (Phi) is 4.05. The molecule has 1 heterocycles. The van der Waals surface area contributed by atoms with E-state index in [1.54, 1.807) is 11.3 Å². The first-order valence-corrected chi connectivity index (χ1v) is 7.32. The minimum absolute atomic E-state index is 0.610. The first-order chi connectivity index (χ1) is 8.11. The first-order valence-electron chi connectivity index (χ1n) is 6.51. The molecule has 3 nitrogen and oxygen atoms in total. The number of rotatable bonds is 3. The van der Waals surface area contributed by atoms with Gasteiger partial charge < -0.3 is 10.6 Å². The summed E-state index contributed by atoms with van der Waals surface area (Å²) in [5, 5.41) is 1.14. The Hall–Kier alpha value is -0.610. The second kappa shape index (κ2) is 5.36. The molecule has 1 fully saturated rings. The molecule has 1 aliphatic carbocycles. The standard InChI is InChI=1S/C13H23N3S/c1-9-4-6-11(7-5-9)16(3)13-15-10(2)12(8-14)17-13/h9,11H,4-8,14H2,1-3H3. The summed E-state index contributed by atoms with van der Waals surface area (Å²) in [7, 11) is 2.18. The van der Waals surface area contributed by atoms with Crippen LogP contribution in [0.15, 0.2) is 0 Å². The molecule has 0 amide bonds. The Bertz CT molecular complexity index is 367. The van der Waals surface area contributed by atoms with Crippen molar-refractivity contribution in [3.63, 3.8) is 0 Å². The van der Waals surface area contributed by atoms with Crippen LogP contribution in [0.3, 0.4) is 0 Å². The summed E-state index contributed by atoms with van der Waals surface area (Å²) in [5.41, 5.74) is 6.81. The van der Waals surface area contributed by atoms with Gasteiger partial charge in [0.1, 0.15) is 0 Å². The lowest BCUT2D eigenvalue weighted by Crippen LogP contribution is -2.34. The van der Waals surface area contributed by atoms with Crippen LogP contribution in [-0.4, -0.2) is 18.1 Å². The molecule has 96 valence electrons. The smallest absolute Gasteiger partial charge is 0.185 e. The Morgan fingerprint density at radius 2 is 2.00 bits per heavy atom. The van der Waals surface area contributed by atoms with E-state index < -0.39 is 0 Å². The van der Waals surface area contributed by atoms with Gasteiger partial charge in [-0.15, -0.1) is 11.3 Å². The predicted molar refractivity (Wildman–Crippen MR) is 74.6 cm³/mol. The number of hydrogen-bond acceptors (Lipinski definition) is 4. The van der Waals surface area contributed by atoms with Crippen LogP contribution in [-0.2, 0) is 6.54 Å². The maximum atomic E-state index is 5.71. The zero-order valence-electron chi connectivity index (χ0n) is 11.1. The molecule has 0 atom stereocenters. The fourth-order valence-electron chi connectivity index (χ4n) is 2.54. The van der Waals surface area contributed by atoms with E-state index in [4.69, 9.17) is 5.73 Å². The molecule has 1 saturated carbocycles. The van der Waals surface area contributed by atoms with Gasteiger partial charge in [-0.1, -0.05) is 6.92 Å². The average molecular weight is 253 g/mol.